The topological polar surface area (TPSA) is 49.6 Å². The predicted molar refractivity (Wildman–Crippen MR) is 60.1 cm³/mol. The van der Waals surface area contributed by atoms with Gasteiger partial charge in [0.25, 0.3) is 0 Å². The molecule has 0 radical (unpaired) electrons. The van der Waals surface area contributed by atoms with E-state index in [1.54, 1.807) is 0 Å². The molecular weight excluding hydrogens is 198 g/mol. The number of rotatable bonds is 2. The molecule has 0 spiro atoms. The van der Waals surface area contributed by atoms with Crippen molar-refractivity contribution in [2.75, 3.05) is 26.7 Å². The highest BCUT2D eigenvalue weighted by Gasteiger charge is 2.25. The number of thiocarbonyl (C=S) groups is 1. The predicted octanol–water partition coefficient (Wildman–Crippen LogP) is -0.175. The second-order valence-corrected chi connectivity index (χ2v) is 4.37. The molecule has 1 rings (SSSR count). The lowest BCUT2D eigenvalue weighted by atomic mass is 10.2. The molecule has 2 N–H and O–H groups in total. The van der Waals surface area contributed by atoms with Crippen LogP contribution < -0.4 is 5.73 Å². The van der Waals surface area contributed by atoms with Gasteiger partial charge >= 0.3 is 0 Å². The van der Waals surface area contributed by atoms with E-state index in [1.165, 1.54) is 0 Å². The van der Waals surface area contributed by atoms with Crippen LogP contribution in [0.1, 0.15) is 13.3 Å². The SMILES string of the molecule is CC1CN(C)CCN1C(=O)CC(N)=S. The van der Waals surface area contributed by atoms with Crippen LogP contribution in [0.15, 0.2) is 0 Å². The van der Waals surface area contributed by atoms with Crippen molar-refractivity contribution in [1.29, 1.82) is 0 Å². The summed E-state index contributed by atoms with van der Waals surface area (Å²) in [4.78, 5) is 16.0. The van der Waals surface area contributed by atoms with E-state index in [1.807, 2.05) is 11.8 Å². The van der Waals surface area contributed by atoms with Gasteiger partial charge in [-0.25, -0.2) is 0 Å². The summed E-state index contributed by atoms with van der Waals surface area (Å²) in [5, 5.41) is 0. The Kier molecular flexibility index (Phi) is 3.83. The van der Waals surface area contributed by atoms with Crippen molar-refractivity contribution in [3.63, 3.8) is 0 Å². The van der Waals surface area contributed by atoms with Crippen LogP contribution >= 0.6 is 12.2 Å². The molecule has 1 heterocycles. The standard InChI is InChI=1S/C9H17N3OS/c1-7-6-11(2)3-4-12(7)9(13)5-8(10)14/h7H,3-6H2,1-2H3,(H2,10,14). The van der Waals surface area contributed by atoms with Crippen molar-refractivity contribution in [2.24, 2.45) is 5.73 Å². The van der Waals surface area contributed by atoms with Gasteiger partial charge in [-0.05, 0) is 14.0 Å². The first kappa shape index (κ1) is 11.4. The number of hydrogen-bond donors (Lipinski definition) is 1. The van der Waals surface area contributed by atoms with Gasteiger partial charge in [0.15, 0.2) is 0 Å². The van der Waals surface area contributed by atoms with Crippen molar-refractivity contribution in [1.82, 2.24) is 9.80 Å². The fraction of sp³-hybridized carbons (Fsp3) is 0.778. The third kappa shape index (κ3) is 2.92. The van der Waals surface area contributed by atoms with Crippen molar-refractivity contribution in [3.05, 3.63) is 0 Å². The highest BCUT2D eigenvalue weighted by molar-refractivity contribution is 7.80. The summed E-state index contributed by atoms with van der Waals surface area (Å²) in [6.07, 6.45) is 0.198. The summed E-state index contributed by atoms with van der Waals surface area (Å²) < 4.78 is 0. The molecule has 1 amide bonds. The van der Waals surface area contributed by atoms with E-state index in [-0.39, 0.29) is 23.4 Å². The zero-order valence-corrected chi connectivity index (χ0v) is 9.51. The van der Waals surface area contributed by atoms with Crippen LogP contribution in [-0.2, 0) is 4.79 Å². The Balaban J connectivity index is 2.51. The monoisotopic (exact) mass is 215 g/mol. The third-order valence-corrected chi connectivity index (χ3v) is 2.62. The van der Waals surface area contributed by atoms with E-state index in [2.05, 4.69) is 11.9 Å². The highest BCUT2D eigenvalue weighted by atomic mass is 32.1. The van der Waals surface area contributed by atoms with Gasteiger partial charge in [-0.3, -0.25) is 4.79 Å². The van der Waals surface area contributed by atoms with Crippen molar-refractivity contribution in [2.45, 2.75) is 19.4 Å². The van der Waals surface area contributed by atoms with Gasteiger partial charge in [-0.1, -0.05) is 12.2 Å². The van der Waals surface area contributed by atoms with E-state index in [4.69, 9.17) is 18.0 Å². The summed E-state index contributed by atoms with van der Waals surface area (Å²) in [5.74, 6) is 0.0538. The molecule has 80 valence electrons. The fourth-order valence-corrected chi connectivity index (χ4v) is 1.88. The van der Waals surface area contributed by atoms with Gasteiger partial charge in [0.1, 0.15) is 0 Å². The van der Waals surface area contributed by atoms with Crippen LogP contribution in [0, 0.1) is 0 Å². The van der Waals surface area contributed by atoms with E-state index < -0.39 is 0 Å². The van der Waals surface area contributed by atoms with Crippen molar-refractivity contribution < 1.29 is 4.79 Å². The Bertz CT molecular complexity index is 244. The molecule has 5 heteroatoms. The van der Waals surface area contributed by atoms with E-state index in [0.29, 0.717) is 0 Å². The van der Waals surface area contributed by atoms with Crippen LogP contribution in [0.4, 0.5) is 0 Å². The third-order valence-electron chi connectivity index (χ3n) is 2.48. The van der Waals surface area contributed by atoms with Gasteiger partial charge in [0.2, 0.25) is 5.91 Å². The lowest BCUT2D eigenvalue weighted by molar-refractivity contribution is -0.134. The summed E-state index contributed by atoms with van der Waals surface area (Å²) in [5.41, 5.74) is 5.35. The minimum absolute atomic E-state index is 0.0538. The Labute approximate surface area is 90.0 Å². The van der Waals surface area contributed by atoms with E-state index in [0.717, 1.165) is 19.6 Å². The van der Waals surface area contributed by atoms with Crippen molar-refractivity contribution >= 4 is 23.1 Å². The van der Waals surface area contributed by atoms with Gasteiger partial charge in [-0.15, -0.1) is 0 Å². The summed E-state index contributed by atoms with van der Waals surface area (Å²) in [6, 6.07) is 0.260. The molecule has 0 bridgehead atoms. The Hall–Kier alpha value is -0.680. The number of amides is 1. The number of hydrogen-bond acceptors (Lipinski definition) is 3. The molecular formula is C9H17N3OS. The van der Waals surface area contributed by atoms with Crippen LogP contribution in [0.5, 0.6) is 0 Å². The quantitative estimate of drug-likeness (QED) is 0.650. The molecule has 0 aliphatic carbocycles. The number of likely N-dealkylation sites (N-methyl/N-ethyl adjacent to an activating group) is 1. The number of carbonyl (C=O) groups is 1. The average Bonchev–Trinajstić information content (AvgIpc) is 2.01. The minimum atomic E-state index is 0.0538. The molecule has 1 saturated heterocycles. The molecule has 4 nitrogen and oxygen atoms in total. The van der Waals surface area contributed by atoms with Crippen molar-refractivity contribution in [3.8, 4) is 0 Å². The smallest absolute Gasteiger partial charge is 0.229 e. The van der Waals surface area contributed by atoms with Crippen LogP contribution in [0.25, 0.3) is 0 Å². The summed E-state index contributed by atoms with van der Waals surface area (Å²) in [7, 11) is 2.06. The first-order valence-corrected chi connectivity index (χ1v) is 5.18. The minimum Gasteiger partial charge on any atom is -0.393 e. The van der Waals surface area contributed by atoms with Gasteiger partial charge < -0.3 is 15.5 Å². The van der Waals surface area contributed by atoms with Gasteiger partial charge in [-0.2, -0.15) is 0 Å². The maximum Gasteiger partial charge on any atom is 0.229 e. The largest absolute Gasteiger partial charge is 0.393 e. The Morgan fingerprint density at radius 2 is 2.21 bits per heavy atom. The summed E-state index contributed by atoms with van der Waals surface area (Å²) in [6.45, 7) is 4.67. The molecule has 1 atom stereocenters. The molecule has 1 fully saturated rings. The second-order valence-electron chi connectivity index (χ2n) is 3.84. The lowest BCUT2D eigenvalue weighted by Crippen LogP contribution is -2.53. The molecule has 1 unspecified atom stereocenters. The van der Waals surface area contributed by atoms with Gasteiger partial charge in [0.05, 0.1) is 11.4 Å². The van der Waals surface area contributed by atoms with E-state index in [9.17, 15) is 4.79 Å². The van der Waals surface area contributed by atoms with E-state index >= 15 is 0 Å². The zero-order chi connectivity index (χ0) is 10.7. The maximum absolute atomic E-state index is 11.7. The van der Waals surface area contributed by atoms with Crippen LogP contribution in [0.3, 0.4) is 0 Å². The molecule has 0 aromatic carbocycles. The second kappa shape index (κ2) is 4.70. The first-order chi connectivity index (χ1) is 6.50. The lowest BCUT2D eigenvalue weighted by Gasteiger charge is -2.38. The molecule has 1 aliphatic rings. The normalized spacial score (nSPS) is 23.6. The number of carbonyl (C=O) groups excluding carboxylic acids is 1. The number of nitrogens with zero attached hydrogens (tertiary/aromatic N) is 2. The molecule has 1 aliphatic heterocycles. The van der Waals surface area contributed by atoms with Gasteiger partial charge in [0, 0.05) is 25.7 Å². The maximum atomic E-state index is 11.7. The average molecular weight is 215 g/mol. The molecule has 0 saturated carbocycles. The first-order valence-electron chi connectivity index (χ1n) is 4.77. The fourth-order valence-electron chi connectivity index (χ4n) is 1.76. The molecule has 0 aromatic heterocycles. The Morgan fingerprint density at radius 3 is 2.71 bits per heavy atom. The molecule has 14 heavy (non-hydrogen) atoms. The van der Waals surface area contributed by atoms with Crippen LogP contribution in [0.2, 0.25) is 0 Å². The number of piperazine rings is 1. The summed E-state index contributed by atoms with van der Waals surface area (Å²) >= 11 is 4.72. The zero-order valence-electron chi connectivity index (χ0n) is 8.69. The molecule has 0 aromatic rings. The van der Waals surface area contributed by atoms with Crippen LogP contribution in [-0.4, -0.2) is 53.4 Å². The highest BCUT2D eigenvalue weighted by Crippen LogP contribution is 2.09. The number of nitrogens with two attached hydrogens (primary N) is 1. The Morgan fingerprint density at radius 1 is 1.57 bits per heavy atom.